The maximum Gasteiger partial charge on any atom is 0.190 e. The van der Waals surface area contributed by atoms with E-state index in [1.165, 1.54) is 32.1 Å². The number of aromatic nitrogens is 3. The van der Waals surface area contributed by atoms with E-state index in [1.54, 1.807) is 11.8 Å². The average molecular weight is 329 g/mol. The van der Waals surface area contributed by atoms with Crippen molar-refractivity contribution in [1.29, 1.82) is 0 Å². The second-order valence-electron chi connectivity index (χ2n) is 6.31. The Bertz CT molecular complexity index is 591. The Balaban J connectivity index is 1.62. The van der Waals surface area contributed by atoms with Crippen LogP contribution in [0.15, 0.2) is 5.16 Å². The molecule has 1 aliphatic heterocycles. The molecule has 0 spiro atoms. The normalized spacial score (nSPS) is 26.2. The molecule has 0 aromatic carbocycles. The molecule has 0 bridgehead atoms. The van der Waals surface area contributed by atoms with Crippen LogP contribution in [0.5, 0.6) is 0 Å². The monoisotopic (exact) mass is 329 g/mol. The van der Waals surface area contributed by atoms with Crippen LogP contribution in [0.2, 0.25) is 0 Å². The van der Waals surface area contributed by atoms with Gasteiger partial charge in [0.05, 0.1) is 11.5 Å². The van der Waals surface area contributed by atoms with Gasteiger partial charge in [-0.1, -0.05) is 31.0 Å². The van der Waals surface area contributed by atoms with Crippen molar-refractivity contribution >= 4 is 21.6 Å². The van der Waals surface area contributed by atoms with Crippen molar-refractivity contribution in [1.82, 2.24) is 14.8 Å². The van der Waals surface area contributed by atoms with E-state index < -0.39 is 9.84 Å². The van der Waals surface area contributed by atoms with Crippen LogP contribution in [0.4, 0.5) is 0 Å². The van der Waals surface area contributed by atoms with Crippen LogP contribution >= 0.6 is 11.8 Å². The summed E-state index contributed by atoms with van der Waals surface area (Å²) >= 11 is 1.77. The molecule has 0 unspecified atom stereocenters. The van der Waals surface area contributed by atoms with Gasteiger partial charge >= 0.3 is 0 Å². The predicted molar refractivity (Wildman–Crippen MR) is 84.3 cm³/mol. The van der Waals surface area contributed by atoms with Gasteiger partial charge in [0.2, 0.25) is 0 Å². The number of nitrogens with zero attached hydrogens (tertiary/aromatic N) is 3. The Morgan fingerprint density at radius 2 is 1.95 bits per heavy atom. The van der Waals surface area contributed by atoms with Crippen molar-refractivity contribution in [2.45, 2.75) is 49.6 Å². The van der Waals surface area contributed by atoms with Crippen LogP contribution < -0.4 is 0 Å². The first kappa shape index (κ1) is 15.3. The van der Waals surface area contributed by atoms with E-state index in [2.05, 4.69) is 10.2 Å². The fraction of sp³-hybridized carbons (Fsp3) is 0.857. The molecule has 0 amide bonds. The van der Waals surface area contributed by atoms with E-state index in [0.717, 1.165) is 22.7 Å². The molecule has 2 fully saturated rings. The van der Waals surface area contributed by atoms with Crippen molar-refractivity contribution < 1.29 is 8.42 Å². The van der Waals surface area contributed by atoms with Crippen LogP contribution in [0.3, 0.4) is 0 Å². The lowest BCUT2D eigenvalue weighted by atomic mass is 9.91. The minimum absolute atomic E-state index is 0.0246. The summed E-state index contributed by atoms with van der Waals surface area (Å²) in [7, 11) is -0.907. The maximum absolute atomic E-state index is 11.6. The van der Waals surface area contributed by atoms with Gasteiger partial charge in [-0.05, 0) is 25.2 Å². The summed E-state index contributed by atoms with van der Waals surface area (Å²) in [6.07, 6.45) is 7.44. The zero-order valence-corrected chi connectivity index (χ0v) is 14.1. The number of thioether (sulfide) groups is 1. The quantitative estimate of drug-likeness (QED) is 0.794. The molecule has 5 nitrogen and oxygen atoms in total. The summed E-state index contributed by atoms with van der Waals surface area (Å²) in [6, 6.07) is 0. The molecule has 1 aromatic rings. The summed E-state index contributed by atoms with van der Waals surface area (Å²) in [5.41, 5.74) is 0. The highest BCUT2D eigenvalue weighted by Gasteiger charge is 2.32. The summed E-state index contributed by atoms with van der Waals surface area (Å²) < 4.78 is 25.2. The topological polar surface area (TPSA) is 64.8 Å². The van der Waals surface area contributed by atoms with Gasteiger partial charge in [0.1, 0.15) is 5.82 Å². The fourth-order valence-electron chi connectivity index (χ4n) is 3.35. The lowest BCUT2D eigenvalue weighted by Gasteiger charge is -2.20. The van der Waals surface area contributed by atoms with E-state index in [4.69, 9.17) is 0 Å². The molecule has 2 heterocycles. The number of sulfone groups is 1. The third kappa shape index (κ3) is 3.62. The Morgan fingerprint density at radius 1 is 1.19 bits per heavy atom. The van der Waals surface area contributed by atoms with Crippen molar-refractivity contribution in [2.75, 3.05) is 17.3 Å². The van der Waals surface area contributed by atoms with Crippen molar-refractivity contribution in [3.05, 3.63) is 5.82 Å². The van der Waals surface area contributed by atoms with Crippen LogP contribution in [0.1, 0.15) is 50.3 Å². The molecular weight excluding hydrogens is 306 g/mol. The number of hydrogen-bond acceptors (Lipinski definition) is 5. The van der Waals surface area contributed by atoms with Gasteiger partial charge in [0, 0.05) is 18.7 Å². The number of hydrogen-bond donors (Lipinski definition) is 0. The molecule has 0 N–H and O–H groups in total. The van der Waals surface area contributed by atoms with Gasteiger partial charge in [-0.2, -0.15) is 0 Å². The van der Waals surface area contributed by atoms with E-state index in [-0.39, 0.29) is 17.4 Å². The Kier molecular flexibility index (Phi) is 4.59. The fourth-order valence-corrected chi connectivity index (χ4v) is 6.20. The zero-order valence-electron chi connectivity index (χ0n) is 12.5. The van der Waals surface area contributed by atoms with Gasteiger partial charge in [-0.15, -0.1) is 10.2 Å². The molecule has 118 valence electrons. The summed E-state index contributed by atoms with van der Waals surface area (Å²) in [4.78, 5) is 0. The first-order chi connectivity index (χ1) is 10.1. The minimum atomic E-state index is -2.87. The van der Waals surface area contributed by atoms with E-state index >= 15 is 0 Å². The SMILES string of the molecule is Cn1c(SCC2CCCCC2)nnc1[C@@H]1CCS(=O)(=O)C1. The predicted octanol–water partition coefficient (Wildman–Crippen LogP) is 2.39. The molecule has 21 heavy (non-hydrogen) atoms. The highest BCUT2D eigenvalue weighted by Crippen LogP contribution is 2.32. The average Bonchev–Trinajstić information content (AvgIpc) is 3.00. The molecule has 1 aromatic heterocycles. The first-order valence-electron chi connectivity index (χ1n) is 7.78. The molecule has 1 atom stereocenters. The molecule has 1 aliphatic carbocycles. The van der Waals surface area contributed by atoms with Gasteiger partial charge in [-0.25, -0.2) is 8.42 Å². The van der Waals surface area contributed by atoms with Gasteiger partial charge in [0.25, 0.3) is 0 Å². The number of rotatable bonds is 4. The second-order valence-corrected chi connectivity index (χ2v) is 9.53. The van der Waals surface area contributed by atoms with Crippen molar-refractivity contribution in [3.63, 3.8) is 0 Å². The molecule has 1 saturated carbocycles. The Morgan fingerprint density at radius 3 is 2.62 bits per heavy atom. The van der Waals surface area contributed by atoms with Gasteiger partial charge in [-0.3, -0.25) is 0 Å². The maximum atomic E-state index is 11.6. The van der Waals surface area contributed by atoms with E-state index in [1.807, 2.05) is 11.6 Å². The van der Waals surface area contributed by atoms with Crippen LogP contribution in [0.25, 0.3) is 0 Å². The third-order valence-corrected chi connectivity index (χ3v) is 7.66. The van der Waals surface area contributed by atoms with Crippen LogP contribution in [-0.2, 0) is 16.9 Å². The lowest BCUT2D eigenvalue weighted by Crippen LogP contribution is -2.10. The first-order valence-corrected chi connectivity index (χ1v) is 10.6. The smallest absolute Gasteiger partial charge is 0.190 e. The van der Waals surface area contributed by atoms with Gasteiger partial charge < -0.3 is 4.57 Å². The Labute approximate surface area is 130 Å². The molecule has 3 rings (SSSR count). The van der Waals surface area contributed by atoms with Gasteiger partial charge in [0.15, 0.2) is 15.0 Å². The standard InChI is InChI=1S/C14H23N3O2S2/c1-17-13(12-7-8-21(18,19)10-12)15-16-14(17)20-9-11-5-3-2-4-6-11/h11-12H,2-10H2,1H3/t12-/m1/s1. The molecule has 0 radical (unpaired) electrons. The third-order valence-electron chi connectivity index (χ3n) is 4.64. The van der Waals surface area contributed by atoms with E-state index in [9.17, 15) is 8.42 Å². The molecule has 7 heteroatoms. The van der Waals surface area contributed by atoms with Crippen LogP contribution in [0, 0.1) is 5.92 Å². The summed E-state index contributed by atoms with van der Waals surface area (Å²) in [6.45, 7) is 0. The van der Waals surface area contributed by atoms with Crippen LogP contribution in [-0.4, -0.2) is 40.4 Å². The molecule has 1 saturated heterocycles. The molecule has 2 aliphatic rings. The summed E-state index contributed by atoms with van der Waals surface area (Å²) in [5, 5.41) is 9.46. The highest BCUT2D eigenvalue weighted by molar-refractivity contribution is 7.99. The highest BCUT2D eigenvalue weighted by atomic mass is 32.2. The van der Waals surface area contributed by atoms with Crippen molar-refractivity contribution in [2.24, 2.45) is 13.0 Å². The van der Waals surface area contributed by atoms with Crippen molar-refractivity contribution in [3.8, 4) is 0 Å². The minimum Gasteiger partial charge on any atom is -0.309 e. The summed E-state index contributed by atoms with van der Waals surface area (Å²) in [5.74, 6) is 3.28. The lowest BCUT2D eigenvalue weighted by molar-refractivity contribution is 0.390. The zero-order chi connectivity index (χ0) is 14.9. The second kappa shape index (κ2) is 6.28. The van der Waals surface area contributed by atoms with E-state index in [0.29, 0.717) is 6.42 Å². The Hall–Kier alpha value is -0.560. The molecular formula is C14H23N3O2S2. The largest absolute Gasteiger partial charge is 0.309 e.